The molecule has 1 amide bonds. The lowest BCUT2D eigenvalue weighted by Gasteiger charge is -2.19. The minimum atomic E-state index is -4.50. The number of anilines is 1. The summed E-state index contributed by atoms with van der Waals surface area (Å²) < 4.78 is 43.5. The van der Waals surface area contributed by atoms with Crippen LogP contribution in [0.25, 0.3) is 0 Å². The summed E-state index contributed by atoms with van der Waals surface area (Å²) in [6, 6.07) is 18.7. The normalized spacial score (nSPS) is 18.5. The van der Waals surface area contributed by atoms with Crippen molar-refractivity contribution in [1.29, 1.82) is 0 Å². The van der Waals surface area contributed by atoms with Crippen LogP contribution in [0.1, 0.15) is 17.2 Å². The van der Waals surface area contributed by atoms with E-state index in [4.69, 9.17) is 4.74 Å². The van der Waals surface area contributed by atoms with Crippen molar-refractivity contribution in [3.8, 4) is 11.5 Å². The van der Waals surface area contributed by atoms with Crippen LogP contribution in [0.2, 0.25) is 0 Å². The van der Waals surface area contributed by atoms with E-state index in [9.17, 15) is 18.0 Å². The van der Waals surface area contributed by atoms with Crippen molar-refractivity contribution in [1.82, 2.24) is 10.3 Å². The molecule has 1 unspecified atom stereocenters. The Hall–Kier alpha value is -3.39. The van der Waals surface area contributed by atoms with E-state index in [-0.39, 0.29) is 23.5 Å². The molecule has 0 radical (unpaired) electrons. The molecular weight excluding hydrogens is 407 g/mol. The minimum Gasteiger partial charge on any atom is -0.456 e. The third-order valence-corrected chi connectivity index (χ3v) is 5.14. The molecule has 2 heterocycles. The topological polar surface area (TPSA) is 63.2 Å². The number of pyridine rings is 1. The Morgan fingerprint density at radius 2 is 1.81 bits per heavy atom. The number of halogens is 3. The fourth-order valence-corrected chi connectivity index (χ4v) is 3.62. The average molecular weight is 427 g/mol. The lowest BCUT2D eigenvalue weighted by atomic mass is 9.88. The molecule has 1 aliphatic rings. The van der Waals surface area contributed by atoms with Crippen LogP contribution in [0, 0.1) is 5.92 Å². The highest BCUT2D eigenvalue weighted by Crippen LogP contribution is 2.31. The highest BCUT2D eigenvalue weighted by Gasteiger charge is 2.34. The fraction of sp³-hybridized carbons (Fsp3) is 0.217. The second-order valence-electron chi connectivity index (χ2n) is 7.28. The van der Waals surface area contributed by atoms with Crippen molar-refractivity contribution in [3.05, 3.63) is 84.2 Å². The van der Waals surface area contributed by atoms with Gasteiger partial charge in [-0.25, -0.2) is 4.98 Å². The fourth-order valence-electron chi connectivity index (χ4n) is 3.62. The van der Waals surface area contributed by atoms with Gasteiger partial charge in [0, 0.05) is 30.8 Å². The van der Waals surface area contributed by atoms with Gasteiger partial charge in [0.25, 0.3) is 0 Å². The van der Waals surface area contributed by atoms with E-state index in [0.717, 1.165) is 24.4 Å². The third-order valence-electron chi connectivity index (χ3n) is 5.14. The van der Waals surface area contributed by atoms with Crippen LogP contribution in [-0.4, -0.2) is 24.0 Å². The number of alkyl halides is 3. The maximum Gasteiger partial charge on any atom is 0.433 e. The zero-order valence-electron chi connectivity index (χ0n) is 16.4. The Labute approximate surface area is 177 Å². The second kappa shape index (κ2) is 8.77. The number of carbonyl (C=O) groups is 1. The molecule has 2 atom stereocenters. The van der Waals surface area contributed by atoms with Crippen molar-refractivity contribution in [2.75, 3.05) is 18.4 Å². The summed E-state index contributed by atoms with van der Waals surface area (Å²) in [5, 5.41) is 6.19. The van der Waals surface area contributed by atoms with E-state index in [2.05, 4.69) is 15.6 Å². The summed E-state index contributed by atoms with van der Waals surface area (Å²) in [4.78, 5) is 16.3. The number of hydrogen-bond acceptors (Lipinski definition) is 4. The van der Waals surface area contributed by atoms with E-state index >= 15 is 0 Å². The largest absolute Gasteiger partial charge is 0.456 e. The average Bonchev–Trinajstić information content (AvgIpc) is 3.25. The van der Waals surface area contributed by atoms with Gasteiger partial charge >= 0.3 is 6.18 Å². The molecule has 3 aromatic rings. The number of carbonyl (C=O) groups excluding carboxylic acids is 1. The van der Waals surface area contributed by atoms with Crippen LogP contribution >= 0.6 is 0 Å². The molecule has 4 rings (SSSR count). The first-order valence-corrected chi connectivity index (χ1v) is 9.78. The van der Waals surface area contributed by atoms with Crippen LogP contribution in [-0.2, 0) is 11.0 Å². The van der Waals surface area contributed by atoms with E-state index in [1.165, 1.54) is 6.07 Å². The Bertz CT molecular complexity index is 1040. The molecule has 2 N–H and O–H groups in total. The van der Waals surface area contributed by atoms with Crippen LogP contribution in [0.5, 0.6) is 11.5 Å². The molecule has 1 aliphatic heterocycles. The molecule has 0 bridgehead atoms. The first kappa shape index (κ1) is 20.9. The molecule has 0 saturated carbocycles. The predicted molar refractivity (Wildman–Crippen MR) is 110 cm³/mol. The van der Waals surface area contributed by atoms with E-state index < -0.39 is 11.9 Å². The second-order valence-corrected chi connectivity index (χ2v) is 7.28. The Morgan fingerprint density at radius 3 is 2.52 bits per heavy atom. The van der Waals surface area contributed by atoms with Gasteiger partial charge in [-0.05, 0) is 29.8 Å². The summed E-state index contributed by atoms with van der Waals surface area (Å²) in [5.41, 5.74) is 0.666. The van der Waals surface area contributed by atoms with Gasteiger partial charge in [-0.2, -0.15) is 13.2 Å². The maximum absolute atomic E-state index is 12.9. The Balaban J connectivity index is 1.43. The smallest absolute Gasteiger partial charge is 0.433 e. The molecule has 2 aromatic carbocycles. The summed E-state index contributed by atoms with van der Waals surface area (Å²) in [7, 11) is 0. The van der Waals surface area contributed by atoms with Gasteiger partial charge in [-0.15, -0.1) is 0 Å². The number of nitrogens with zero attached hydrogens (tertiary/aromatic N) is 1. The van der Waals surface area contributed by atoms with Gasteiger partial charge in [0.15, 0.2) is 0 Å². The molecule has 0 aliphatic carbocycles. The van der Waals surface area contributed by atoms with Crippen molar-refractivity contribution in [3.63, 3.8) is 0 Å². The lowest BCUT2D eigenvalue weighted by Crippen LogP contribution is -2.28. The number of benzene rings is 2. The van der Waals surface area contributed by atoms with Crippen LogP contribution in [0.15, 0.2) is 72.9 Å². The zero-order valence-corrected chi connectivity index (χ0v) is 16.4. The van der Waals surface area contributed by atoms with Gasteiger partial charge < -0.3 is 15.4 Å². The molecule has 8 heteroatoms. The quantitative estimate of drug-likeness (QED) is 0.612. The number of nitrogens with one attached hydrogen (secondary N) is 2. The van der Waals surface area contributed by atoms with Gasteiger partial charge in [0.2, 0.25) is 5.91 Å². The number of aromatic nitrogens is 1. The standard InChI is InChI=1S/C23H20F3N3O2/c24-23(25,26)21-10-9-18(12-28-21)31-17-8-4-7-16(11-17)29-22(30)20-14-27-13-19(20)15-5-2-1-3-6-15/h1-12,19-20,27H,13-14H2,(H,29,30)/t19-,20?/m0/s1. The highest BCUT2D eigenvalue weighted by atomic mass is 19.4. The number of ether oxygens (including phenoxy) is 1. The zero-order chi connectivity index (χ0) is 21.8. The summed E-state index contributed by atoms with van der Waals surface area (Å²) >= 11 is 0. The van der Waals surface area contributed by atoms with Crippen LogP contribution < -0.4 is 15.4 Å². The number of amides is 1. The molecule has 1 fully saturated rings. The van der Waals surface area contributed by atoms with E-state index in [1.807, 2.05) is 30.3 Å². The minimum absolute atomic E-state index is 0.0823. The maximum atomic E-state index is 12.9. The molecule has 31 heavy (non-hydrogen) atoms. The third kappa shape index (κ3) is 5.03. The molecule has 160 valence electrons. The summed E-state index contributed by atoms with van der Waals surface area (Å²) in [6.45, 7) is 1.31. The number of hydrogen-bond donors (Lipinski definition) is 2. The first-order chi connectivity index (χ1) is 14.9. The van der Waals surface area contributed by atoms with Gasteiger partial charge in [-0.3, -0.25) is 4.79 Å². The number of rotatable bonds is 5. The van der Waals surface area contributed by atoms with Crippen LogP contribution in [0.4, 0.5) is 18.9 Å². The van der Waals surface area contributed by atoms with Crippen molar-refractivity contribution < 1.29 is 22.7 Å². The molecule has 5 nitrogen and oxygen atoms in total. The Kier molecular flexibility index (Phi) is 5.90. The van der Waals surface area contributed by atoms with E-state index in [0.29, 0.717) is 18.0 Å². The predicted octanol–water partition coefficient (Wildman–Crippen LogP) is 4.83. The molecule has 0 spiro atoms. The van der Waals surface area contributed by atoms with Gasteiger partial charge in [0.1, 0.15) is 17.2 Å². The highest BCUT2D eigenvalue weighted by molar-refractivity contribution is 5.93. The first-order valence-electron chi connectivity index (χ1n) is 9.78. The van der Waals surface area contributed by atoms with Crippen molar-refractivity contribution >= 4 is 11.6 Å². The Morgan fingerprint density at radius 1 is 1.00 bits per heavy atom. The molecule has 1 aromatic heterocycles. The molecule has 1 saturated heterocycles. The van der Waals surface area contributed by atoms with Gasteiger partial charge in [0.05, 0.1) is 12.1 Å². The van der Waals surface area contributed by atoms with Gasteiger partial charge in [-0.1, -0.05) is 36.4 Å². The van der Waals surface area contributed by atoms with Crippen LogP contribution in [0.3, 0.4) is 0 Å². The lowest BCUT2D eigenvalue weighted by molar-refractivity contribution is -0.141. The monoisotopic (exact) mass is 427 g/mol. The van der Waals surface area contributed by atoms with Crippen molar-refractivity contribution in [2.45, 2.75) is 12.1 Å². The van der Waals surface area contributed by atoms with Crippen molar-refractivity contribution in [2.24, 2.45) is 5.92 Å². The molecular formula is C23H20F3N3O2. The summed E-state index contributed by atoms with van der Waals surface area (Å²) in [6.07, 6.45) is -3.49. The van der Waals surface area contributed by atoms with E-state index in [1.54, 1.807) is 24.3 Å². The summed E-state index contributed by atoms with van der Waals surface area (Å²) in [5.74, 6) is 0.307. The SMILES string of the molecule is O=C(Nc1cccc(Oc2ccc(C(F)(F)F)nc2)c1)C1CNC[C@H]1c1ccccc1.